The van der Waals surface area contributed by atoms with Gasteiger partial charge in [0.25, 0.3) is 0 Å². The van der Waals surface area contributed by atoms with Crippen LogP contribution in [0.25, 0.3) is 0 Å². The van der Waals surface area contributed by atoms with Crippen LogP contribution in [-0.4, -0.2) is 18.3 Å². The van der Waals surface area contributed by atoms with Crippen LogP contribution in [0.4, 0.5) is 0 Å². The van der Waals surface area contributed by atoms with E-state index in [1.54, 1.807) is 18.4 Å². The Hall–Kier alpha value is -0.380. The van der Waals surface area contributed by atoms with E-state index >= 15 is 0 Å². The topological polar surface area (TPSA) is 29.5 Å². The first kappa shape index (κ1) is 11.1. The molecule has 0 atom stereocenters. The second-order valence-electron chi connectivity index (χ2n) is 4.36. The maximum atomic E-state index is 10.6. The van der Waals surface area contributed by atoms with Gasteiger partial charge in [0, 0.05) is 12.0 Å². The van der Waals surface area contributed by atoms with E-state index in [-0.39, 0.29) is 0 Å². The molecule has 15 heavy (non-hydrogen) atoms. The third kappa shape index (κ3) is 2.10. The molecule has 1 heterocycles. The molecule has 0 aromatic carbocycles. The van der Waals surface area contributed by atoms with Crippen molar-refractivity contribution in [2.75, 3.05) is 7.11 Å². The van der Waals surface area contributed by atoms with Crippen LogP contribution in [0.3, 0.4) is 0 Å². The molecule has 1 saturated carbocycles. The summed E-state index contributed by atoms with van der Waals surface area (Å²) in [4.78, 5) is 1.24. The van der Waals surface area contributed by atoms with E-state index in [0.29, 0.717) is 6.10 Å². The van der Waals surface area contributed by atoms with Crippen LogP contribution >= 0.6 is 11.3 Å². The maximum absolute atomic E-state index is 10.6. The number of ether oxygens (including phenoxy) is 1. The number of methoxy groups -OCH3 is 1. The Morgan fingerprint density at radius 3 is 2.60 bits per heavy atom. The molecular formula is C12H18O2S. The number of hydrogen-bond donors (Lipinski definition) is 1. The summed E-state index contributed by atoms with van der Waals surface area (Å²) >= 11 is 1.71. The van der Waals surface area contributed by atoms with E-state index < -0.39 is 5.60 Å². The van der Waals surface area contributed by atoms with E-state index in [9.17, 15) is 5.11 Å². The van der Waals surface area contributed by atoms with Gasteiger partial charge >= 0.3 is 0 Å². The molecule has 0 saturated heterocycles. The van der Waals surface area contributed by atoms with Crippen molar-refractivity contribution in [3.8, 4) is 0 Å². The van der Waals surface area contributed by atoms with E-state index in [1.165, 1.54) is 4.88 Å². The largest absolute Gasteiger partial charge is 0.385 e. The van der Waals surface area contributed by atoms with Crippen LogP contribution in [0.15, 0.2) is 11.4 Å². The van der Waals surface area contributed by atoms with Crippen LogP contribution in [0.5, 0.6) is 0 Å². The summed E-state index contributed by atoms with van der Waals surface area (Å²) in [5.41, 5.74) is 0.529. The quantitative estimate of drug-likeness (QED) is 0.840. The van der Waals surface area contributed by atoms with Gasteiger partial charge in [-0.05, 0) is 49.6 Å². The SMILES string of the molecule is COC1CCC(O)(c2ccsc2C)CC1. The second kappa shape index (κ2) is 4.24. The van der Waals surface area contributed by atoms with Crippen LogP contribution in [0.1, 0.15) is 36.1 Å². The molecular weight excluding hydrogens is 208 g/mol. The monoisotopic (exact) mass is 226 g/mol. The summed E-state index contributed by atoms with van der Waals surface area (Å²) < 4.78 is 5.32. The van der Waals surface area contributed by atoms with Crippen molar-refractivity contribution in [1.82, 2.24) is 0 Å². The normalized spacial score (nSPS) is 31.8. The molecule has 2 nitrogen and oxygen atoms in total. The first-order valence-electron chi connectivity index (χ1n) is 5.45. The predicted molar refractivity (Wildman–Crippen MR) is 62.2 cm³/mol. The molecule has 2 rings (SSSR count). The summed E-state index contributed by atoms with van der Waals surface area (Å²) in [6.45, 7) is 2.08. The van der Waals surface area contributed by atoms with Crippen molar-refractivity contribution in [3.63, 3.8) is 0 Å². The molecule has 0 spiro atoms. The van der Waals surface area contributed by atoms with Gasteiger partial charge < -0.3 is 9.84 Å². The summed E-state index contributed by atoms with van der Waals surface area (Å²) in [5, 5.41) is 12.6. The van der Waals surface area contributed by atoms with Gasteiger partial charge in [0.2, 0.25) is 0 Å². The molecule has 1 aromatic heterocycles. The van der Waals surface area contributed by atoms with Gasteiger partial charge in [-0.2, -0.15) is 0 Å². The van der Waals surface area contributed by atoms with E-state index in [0.717, 1.165) is 31.2 Å². The highest BCUT2D eigenvalue weighted by Crippen LogP contribution is 2.40. The number of aliphatic hydroxyl groups is 1. The molecule has 3 heteroatoms. The molecule has 1 N–H and O–H groups in total. The first-order chi connectivity index (χ1) is 7.15. The van der Waals surface area contributed by atoms with Gasteiger partial charge in [0.05, 0.1) is 11.7 Å². The third-order valence-corrected chi connectivity index (χ3v) is 4.30. The second-order valence-corrected chi connectivity index (χ2v) is 5.48. The van der Waals surface area contributed by atoms with E-state index in [4.69, 9.17) is 4.74 Å². The fourth-order valence-electron chi connectivity index (χ4n) is 2.44. The van der Waals surface area contributed by atoms with Gasteiger partial charge in [-0.1, -0.05) is 0 Å². The van der Waals surface area contributed by atoms with Crippen LogP contribution in [-0.2, 0) is 10.3 Å². The lowest BCUT2D eigenvalue weighted by atomic mass is 9.79. The Kier molecular flexibility index (Phi) is 3.14. The molecule has 0 bridgehead atoms. The molecule has 1 aromatic rings. The van der Waals surface area contributed by atoms with Crippen molar-refractivity contribution in [3.05, 3.63) is 21.9 Å². The zero-order valence-electron chi connectivity index (χ0n) is 9.32. The Labute approximate surface area is 94.9 Å². The zero-order valence-corrected chi connectivity index (χ0v) is 10.1. The average molecular weight is 226 g/mol. The Morgan fingerprint density at radius 2 is 2.13 bits per heavy atom. The zero-order chi connectivity index (χ0) is 10.9. The van der Waals surface area contributed by atoms with Crippen molar-refractivity contribution in [1.29, 1.82) is 0 Å². The Balaban J connectivity index is 2.13. The summed E-state index contributed by atoms with van der Waals surface area (Å²) in [7, 11) is 1.75. The molecule has 84 valence electrons. The lowest BCUT2D eigenvalue weighted by molar-refractivity contribution is -0.0475. The van der Waals surface area contributed by atoms with Crippen LogP contribution in [0.2, 0.25) is 0 Å². The lowest BCUT2D eigenvalue weighted by Gasteiger charge is -2.35. The van der Waals surface area contributed by atoms with Gasteiger partial charge in [-0.15, -0.1) is 11.3 Å². The minimum Gasteiger partial charge on any atom is -0.385 e. The number of thiophene rings is 1. The highest BCUT2D eigenvalue weighted by Gasteiger charge is 2.36. The van der Waals surface area contributed by atoms with Crippen molar-refractivity contribution in [2.24, 2.45) is 0 Å². The molecule has 0 aliphatic heterocycles. The predicted octanol–water partition coefficient (Wildman–Crippen LogP) is 2.83. The minimum absolute atomic E-state index is 0.337. The lowest BCUT2D eigenvalue weighted by Crippen LogP contribution is -2.34. The molecule has 1 aliphatic rings. The third-order valence-electron chi connectivity index (χ3n) is 3.45. The van der Waals surface area contributed by atoms with Crippen molar-refractivity contribution < 1.29 is 9.84 Å². The van der Waals surface area contributed by atoms with Crippen LogP contribution in [0, 0.1) is 6.92 Å². The summed E-state index contributed by atoms with van der Waals surface area (Å²) in [6.07, 6.45) is 3.90. The fraction of sp³-hybridized carbons (Fsp3) is 0.667. The highest BCUT2D eigenvalue weighted by atomic mass is 32.1. The van der Waals surface area contributed by atoms with Gasteiger partial charge in [-0.3, -0.25) is 0 Å². The molecule has 0 amide bonds. The first-order valence-corrected chi connectivity index (χ1v) is 6.33. The smallest absolute Gasteiger partial charge is 0.0909 e. The van der Waals surface area contributed by atoms with Crippen molar-refractivity contribution in [2.45, 2.75) is 44.3 Å². The number of hydrogen-bond acceptors (Lipinski definition) is 3. The van der Waals surface area contributed by atoms with E-state index in [1.807, 2.05) is 0 Å². The van der Waals surface area contributed by atoms with Gasteiger partial charge in [0.15, 0.2) is 0 Å². The summed E-state index contributed by atoms with van der Waals surface area (Å²) in [5.74, 6) is 0. The fourth-order valence-corrected chi connectivity index (χ4v) is 3.23. The van der Waals surface area contributed by atoms with Crippen molar-refractivity contribution >= 4 is 11.3 Å². The Bertz CT molecular complexity index is 324. The number of rotatable bonds is 2. The molecule has 0 unspecified atom stereocenters. The van der Waals surface area contributed by atoms with E-state index in [2.05, 4.69) is 18.4 Å². The molecule has 1 aliphatic carbocycles. The van der Waals surface area contributed by atoms with Gasteiger partial charge in [0.1, 0.15) is 0 Å². The van der Waals surface area contributed by atoms with Crippen LogP contribution < -0.4 is 0 Å². The molecule has 1 fully saturated rings. The van der Waals surface area contributed by atoms with Gasteiger partial charge in [-0.25, -0.2) is 0 Å². The number of aryl methyl sites for hydroxylation is 1. The minimum atomic E-state index is -0.598. The standard InChI is InChI=1S/C12H18O2S/c1-9-11(5-8-15-9)12(13)6-3-10(14-2)4-7-12/h5,8,10,13H,3-4,6-7H2,1-2H3. The molecule has 0 radical (unpaired) electrons. The summed E-state index contributed by atoms with van der Waals surface area (Å²) in [6, 6.07) is 2.06. The maximum Gasteiger partial charge on any atom is 0.0909 e. The average Bonchev–Trinajstić information content (AvgIpc) is 2.66. The highest BCUT2D eigenvalue weighted by molar-refractivity contribution is 7.10. The Morgan fingerprint density at radius 1 is 1.47 bits per heavy atom.